The zero-order valence-corrected chi connectivity index (χ0v) is 11.9. The molecule has 0 saturated heterocycles. The molecule has 0 radical (unpaired) electrons. The van der Waals surface area contributed by atoms with Crippen LogP contribution in [0.15, 0.2) is 22.7 Å². The highest BCUT2D eigenvalue weighted by atomic mass is 79.9. The highest BCUT2D eigenvalue weighted by Crippen LogP contribution is 2.38. The summed E-state index contributed by atoms with van der Waals surface area (Å²) in [5, 5.41) is 12.1. The fourth-order valence-electron chi connectivity index (χ4n) is 2.38. The van der Waals surface area contributed by atoms with Gasteiger partial charge in [-0.25, -0.2) is 0 Å². The largest absolute Gasteiger partial charge is 0.324 e. The second-order valence-electron chi connectivity index (χ2n) is 4.81. The maximum absolute atomic E-state index is 12.3. The first-order valence-electron chi connectivity index (χ1n) is 6.06. The number of amides is 1. The molecule has 1 saturated carbocycles. The summed E-state index contributed by atoms with van der Waals surface area (Å²) < 4.78 is 0.980. The number of carbonyl (C=O) groups excluding carboxylic acids is 1. The number of rotatable bonds is 2. The Morgan fingerprint density at radius 3 is 2.67 bits per heavy atom. The van der Waals surface area contributed by atoms with Crippen molar-refractivity contribution in [2.24, 2.45) is 5.41 Å². The minimum Gasteiger partial charge on any atom is -0.324 e. The SMILES string of the molecule is Cc1cc(Br)ccc1NC(=O)C1(C#N)CCCC1. The third-order valence-corrected chi connectivity index (χ3v) is 4.04. The maximum atomic E-state index is 12.3. The van der Waals surface area contributed by atoms with Crippen LogP contribution in [0, 0.1) is 23.7 Å². The molecule has 94 valence electrons. The van der Waals surface area contributed by atoms with E-state index in [4.69, 9.17) is 0 Å². The molecule has 18 heavy (non-hydrogen) atoms. The number of nitrogens with zero attached hydrogens (tertiary/aromatic N) is 1. The maximum Gasteiger partial charge on any atom is 0.244 e. The summed E-state index contributed by atoms with van der Waals surface area (Å²) in [5.74, 6) is -0.159. The zero-order valence-electron chi connectivity index (χ0n) is 10.3. The predicted molar refractivity (Wildman–Crippen MR) is 74.0 cm³/mol. The van der Waals surface area contributed by atoms with Crippen molar-refractivity contribution in [2.45, 2.75) is 32.6 Å². The first-order valence-corrected chi connectivity index (χ1v) is 6.85. The lowest BCUT2D eigenvalue weighted by Crippen LogP contribution is -2.32. The molecule has 0 atom stereocenters. The molecule has 1 aliphatic rings. The van der Waals surface area contributed by atoms with E-state index >= 15 is 0 Å². The number of halogens is 1. The fourth-order valence-corrected chi connectivity index (χ4v) is 2.85. The van der Waals surface area contributed by atoms with Gasteiger partial charge in [0.15, 0.2) is 0 Å². The van der Waals surface area contributed by atoms with Gasteiger partial charge in [-0.1, -0.05) is 28.8 Å². The molecule has 1 aromatic carbocycles. The van der Waals surface area contributed by atoms with Gasteiger partial charge in [0.05, 0.1) is 6.07 Å². The summed E-state index contributed by atoms with van der Waals surface area (Å²) in [7, 11) is 0. The van der Waals surface area contributed by atoms with Gasteiger partial charge in [-0.15, -0.1) is 0 Å². The molecule has 0 spiro atoms. The molecule has 0 aliphatic heterocycles. The molecule has 0 unspecified atom stereocenters. The molecule has 0 aromatic heterocycles. The third kappa shape index (κ3) is 2.41. The number of benzene rings is 1. The van der Waals surface area contributed by atoms with Gasteiger partial charge in [-0.3, -0.25) is 4.79 Å². The van der Waals surface area contributed by atoms with E-state index in [-0.39, 0.29) is 5.91 Å². The Kier molecular flexibility index (Phi) is 3.72. The van der Waals surface area contributed by atoms with E-state index in [1.165, 1.54) is 0 Å². The average Bonchev–Trinajstić information content (AvgIpc) is 2.82. The second kappa shape index (κ2) is 5.11. The van der Waals surface area contributed by atoms with Crippen LogP contribution in [-0.2, 0) is 4.79 Å². The molecule has 1 fully saturated rings. The van der Waals surface area contributed by atoms with Gasteiger partial charge < -0.3 is 5.32 Å². The van der Waals surface area contributed by atoms with Crippen LogP contribution in [-0.4, -0.2) is 5.91 Å². The first kappa shape index (κ1) is 13.1. The van der Waals surface area contributed by atoms with Gasteiger partial charge >= 0.3 is 0 Å². The summed E-state index contributed by atoms with van der Waals surface area (Å²) in [6.07, 6.45) is 3.26. The van der Waals surface area contributed by atoms with Crippen LogP contribution in [0.5, 0.6) is 0 Å². The molecular weight excluding hydrogens is 292 g/mol. The van der Waals surface area contributed by atoms with E-state index in [9.17, 15) is 10.1 Å². The Morgan fingerprint density at radius 1 is 1.44 bits per heavy atom. The molecule has 0 heterocycles. The summed E-state index contributed by atoms with van der Waals surface area (Å²) in [4.78, 5) is 12.3. The van der Waals surface area contributed by atoms with E-state index in [1.807, 2.05) is 25.1 Å². The van der Waals surface area contributed by atoms with Gasteiger partial charge in [-0.05, 0) is 43.5 Å². The number of carbonyl (C=O) groups is 1. The van der Waals surface area contributed by atoms with E-state index in [0.717, 1.165) is 28.6 Å². The average molecular weight is 307 g/mol. The van der Waals surface area contributed by atoms with Gasteiger partial charge in [0.1, 0.15) is 5.41 Å². The quantitative estimate of drug-likeness (QED) is 0.904. The number of aryl methyl sites for hydroxylation is 1. The Balaban J connectivity index is 2.19. The molecule has 1 N–H and O–H groups in total. The van der Waals surface area contributed by atoms with Crippen LogP contribution >= 0.6 is 15.9 Å². The molecule has 3 nitrogen and oxygen atoms in total. The van der Waals surface area contributed by atoms with Gasteiger partial charge in [0.2, 0.25) is 5.91 Å². The number of anilines is 1. The highest BCUT2D eigenvalue weighted by Gasteiger charge is 2.41. The van der Waals surface area contributed by atoms with Gasteiger partial charge in [0, 0.05) is 10.2 Å². The monoisotopic (exact) mass is 306 g/mol. The Hall–Kier alpha value is -1.34. The normalized spacial score (nSPS) is 17.2. The van der Waals surface area contributed by atoms with Crippen molar-refractivity contribution in [3.8, 4) is 6.07 Å². The lowest BCUT2D eigenvalue weighted by atomic mass is 9.87. The molecule has 0 bridgehead atoms. The number of hydrogen-bond donors (Lipinski definition) is 1. The van der Waals surface area contributed by atoms with E-state index in [0.29, 0.717) is 12.8 Å². The minimum absolute atomic E-state index is 0.159. The summed E-state index contributed by atoms with van der Waals surface area (Å²) in [5.41, 5.74) is 0.952. The lowest BCUT2D eigenvalue weighted by molar-refractivity contribution is -0.122. The fraction of sp³-hybridized carbons (Fsp3) is 0.429. The molecule has 4 heteroatoms. The number of hydrogen-bond acceptors (Lipinski definition) is 2. The number of nitrogens with one attached hydrogen (secondary N) is 1. The van der Waals surface area contributed by atoms with E-state index in [2.05, 4.69) is 27.3 Å². The Bertz CT molecular complexity index is 513. The van der Waals surface area contributed by atoms with Gasteiger partial charge in [0.25, 0.3) is 0 Å². The molecular formula is C14H15BrN2O. The van der Waals surface area contributed by atoms with Crippen LogP contribution in [0.3, 0.4) is 0 Å². The van der Waals surface area contributed by atoms with Crippen LogP contribution in [0.2, 0.25) is 0 Å². The molecule has 2 rings (SSSR count). The Labute approximate surface area is 115 Å². The number of nitriles is 1. The topological polar surface area (TPSA) is 52.9 Å². The summed E-state index contributed by atoms with van der Waals surface area (Å²) in [6.45, 7) is 1.94. The molecule has 1 aliphatic carbocycles. The standard InChI is InChI=1S/C14H15BrN2O/c1-10-8-11(15)4-5-12(10)17-13(18)14(9-16)6-2-3-7-14/h4-5,8H,2-3,6-7H2,1H3,(H,17,18). The van der Waals surface area contributed by atoms with Crippen molar-refractivity contribution in [2.75, 3.05) is 5.32 Å². The van der Waals surface area contributed by atoms with Crippen molar-refractivity contribution >= 4 is 27.5 Å². The van der Waals surface area contributed by atoms with Crippen LogP contribution < -0.4 is 5.32 Å². The predicted octanol–water partition coefficient (Wildman–Crippen LogP) is 3.78. The highest BCUT2D eigenvalue weighted by molar-refractivity contribution is 9.10. The molecule has 1 aromatic rings. The van der Waals surface area contributed by atoms with Crippen LogP contribution in [0.1, 0.15) is 31.2 Å². The molecule has 1 amide bonds. The summed E-state index contributed by atoms with van der Waals surface area (Å²) >= 11 is 3.39. The van der Waals surface area contributed by atoms with E-state index in [1.54, 1.807) is 0 Å². The Morgan fingerprint density at radius 2 is 2.11 bits per heavy atom. The van der Waals surface area contributed by atoms with Gasteiger partial charge in [-0.2, -0.15) is 5.26 Å². The lowest BCUT2D eigenvalue weighted by Gasteiger charge is -2.20. The van der Waals surface area contributed by atoms with Crippen molar-refractivity contribution < 1.29 is 4.79 Å². The summed E-state index contributed by atoms with van der Waals surface area (Å²) in [6, 6.07) is 7.90. The van der Waals surface area contributed by atoms with Crippen molar-refractivity contribution in [3.05, 3.63) is 28.2 Å². The van der Waals surface area contributed by atoms with Crippen LogP contribution in [0.25, 0.3) is 0 Å². The van der Waals surface area contributed by atoms with Crippen molar-refractivity contribution in [1.82, 2.24) is 0 Å². The van der Waals surface area contributed by atoms with Crippen molar-refractivity contribution in [1.29, 1.82) is 5.26 Å². The minimum atomic E-state index is -0.820. The smallest absolute Gasteiger partial charge is 0.244 e. The van der Waals surface area contributed by atoms with Crippen molar-refractivity contribution in [3.63, 3.8) is 0 Å². The zero-order chi connectivity index (χ0) is 13.2. The van der Waals surface area contributed by atoms with E-state index < -0.39 is 5.41 Å². The van der Waals surface area contributed by atoms with Crippen LogP contribution in [0.4, 0.5) is 5.69 Å². The first-order chi connectivity index (χ1) is 8.57. The second-order valence-corrected chi connectivity index (χ2v) is 5.73. The third-order valence-electron chi connectivity index (χ3n) is 3.54.